The van der Waals surface area contributed by atoms with Gasteiger partial charge in [0.05, 0.1) is 13.2 Å². The van der Waals surface area contributed by atoms with Gasteiger partial charge < -0.3 is 4.74 Å². The van der Waals surface area contributed by atoms with Crippen molar-refractivity contribution in [1.82, 2.24) is 4.90 Å². The molecule has 2 aromatic rings. The molecule has 2 aromatic carbocycles. The van der Waals surface area contributed by atoms with Gasteiger partial charge in [0.25, 0.3) is 0 Å². The van der Waals surface area contributed by atoms with Gasteiger partial charge in [-0.15, -0.1) is 0 Å². The second kappa shape index (κ2) is 6.58. The van der Waals surface area contributed by atoms with Crippen LogP contribution in [-0.4, -0.2) is 30.6 Å². The van der Waals surface area contributed by atoms with Crippen LogP contribution in [-0.2, 0) is 9.53 Å². The van der Waals surface area contributed by atoms with Crippen molar-refractivity contribution in [2.75, 3.05) is 13.7 Å². The molecule has 3 atom stereocenters. The molecule has 1 saturated heterocycles. The molecule has 0 N–H and O–H groups in total. The largest absolute Gasteiger partial charge is 0.468 e. The van der Waals surface area contributed by atoms with E-state index in [9.17, 15) is 4.79 Å². The van der Waals surface area contributed by atoms with E-state index in [1.165, 1.54) is 12.7 Å². The molecular weight excluding hydrogens is 274 g/mol. The molecule has 0 spiro atoms. The first-order valence-corrected chi connectivity index (χ1v) is 7.41. The van der Waals surface area contributed by atoms with Gasteiger partial charge in [-0.25, -0.2) is 0 Å². The summed E-state index contributed by atoms with van der Waals surface area (Å²) < 4.78 is 4.85. The van der Waals surface area contributed by atoms with Gasteiger partial charge in [0.2, 0.25) is 0 Å². The summed E-state index contributed by atoms with van der Waals surface area (Å²) in [6.07, 6.45) is 4.25. The van der Waals surface area contributed by atoms with Crippen LogP contribution in [0.2, 0.25) is 0 Å². The number of esters is 1. The van der Waals surface area contributed by atoms with Gasteiger partial charge in [-0.1, -0.05) is 72.8 Å². The van der Waals surface area contributed by atoms with E-state index in [4.69, 9.17) is 4.74 Å². The summed E-state index contributed by atoms with van der Waals surface area (Å²) in [6.45, 7) is 0.741. The molecule has 0 radical (unpaired) electrons. The number of rotatable bonds is 5. The van der Waals surface area contributed by atoms with Crippen LogP contribution in [0.5, 0.6) is 0 Å². The molecule has 0 aliphatic carbocycles. The maximum absolute atomic E-state index is 11.7. The average Bonchev–Trinajstić information content (AvgIpc) is 3.37. The molecule has 3 nitrogen and oxygen atoms in total. The van der Waals surface area contributed by atoms with Crippen LogP contribution >= 0.6 is 0 Å². The Labute approximate surface area is 130 Å². The van der Waals surface area contributed by atoms with Crippen molar-refractivity contribution >= 4 is 12.0 Å². The average molecular weight is 293 g/mol. The highest BCUT2D eigenvalue weighted by molar-refractivity contribution is 5.79. The zero-order valence-corrected chi connectivity index (χ0v) is 12.6. The van der Waals surface area contributed by atoms with Crippen molar-refractivity contribution in [2.24, 2.45) is 0 Å². The molecule has 1 fully saturated rings. The number of carbonyl (C=O) groups excluding carboxylic acids is 1. The normalized spacial score (nSPS) is 21.5. The van der Waals surface area contributed by atoms with Crippen molar-refractivity contribution in [3.05, 3.63) is 77.9 Å². The fourth-order valence-corrected chi connectivity index (χ4v) is 2.64. The minimum absolute atomic E-state index is 0.0884. The Balaban J connectivity index is 1.82. The minimum Gasteiger partial charge on any atom is -0.468 e. The fourth-order valence-electron chi connectivity index (χ4n) is 2.64. The lowest BCUT2D eigenvalue weighted by Gasteiger charge is -2.15. The predicted molar refractivity (Wildman–Crippen MR) is 87.2 cm³/mol. The Kier molecular flexibility index (Phi) is 4.35. The second-order valence-electron chi connectivity index (χ2n) is 5.36. The third-order valence-electron chi connectivity index (χ3n) is 3.89. The third kappa shape index (κ3) is 3.26. The molecule has 3 unspecified atom stereocenters. The summed E-state index contributed by atoms with van der Waals surface area (Å²) in [5.41, 5.74) is 2.33. The van der Waals surface area contributed by atoms with E-state index in [1.807, 2.05) is 36.4 Å². The Bertz CT molecular complexity index is 652. The Morgan fingerprint density at radius 3 is 2.41 bits per heavy atom. The van der Waals surface area contributed by atoms with Crippen LogP contribution < -0.4 is 0 Å². The van der Waals surface area contributed by atoms with Crippen molar-refractivity contribution in [1.29, 1.82) is 0 Å². The zero-order chi connectivity index (χ0) is 15.4. The lowest BCUT2D eigenvalue weighted by atomic mass is 10.0. The van der Waals surface area contributed by atoms with Crippen LogP contribution in [0.3, 0.4) is 0 Å². The third-order valence-corrected chi connectivity index (χ3v) is 3.89. The summed E-state index contributed by atoms with van der Waals surface area (Å²) in [5, 5.41) is 0. The topological polar surface area (TPSA) is 29.3 Å². The lowest BCUT2D eigenvalue weighted by Crippen LogP contribution is -2.17. The zero-order valence-electron chi connectivity index (χ0n) is 12.6. The molecule has 0 bridgehead atoms. The maximum atomic E-state index is 11.7. The van der Waals surface area contributed by atoms with E-state index in [-0.39, 0.29) is 18.1 Å². The Hall–Kier alpha value is -2.39. The molecule has 0 amide bonds. The number of carbonyl (C=O) groups is 1. The molecule has 0 saturated carbocycles. The summed E-state index contributed by atoms with van der Waals surface area (Å²) in [5.74, 6) is -0.158. The molecular formula is C19H19NO2. The van der Waals surface area contributed by atoms with Crippen LogP contribution in [0.15, 0.2) is 66.7 Å². The van der Waals surface area contributed by atoms with Gasteiger partial charge >= 0.3 is 5.97 Å². The van der Waals surface area contributed by atoms with Gasteiger partial charge in [0.1, 0.15) is 6.04 Å². The summed E-state index contributed by atoms with van der Waals surface area (Å²) in [6, 6.07) is 20.4. The number of methoxy groups -OCH3 is 1. The maximum Gasteiger partial charge on any atom is 0.324 e. The van der Waals surface area contributed by atoms with Crippen molar-refractivity contribution < 1.29 is 9.53 Å². The van der Waals surface area contributed by atoms with Gasteiger partial charge in [0, 0.05) is 6.54 Å². The number of hydrogen-bond donors (Lipinski definition) is 0. The van der Waals surface area contributed by atoms with E-state index >= 15 is 0 Å². The van der Waals surface area contributed by atoms with Gasteiger partial charge in [-0.2, -0.15) is 0 Å². The molecule has 22 heavy (non-hydrogen) atoms. The van der Waals surface area contributed by atoms with E-state index < -0.39 is 0 Å². The van der Waals surface area contributed by atoms with Gasteiger partial charge in [-0.3, -0.25) is 9.69 Å². The highest BCUT2D eigenvalue weighted by Gasteiger charge is 2.45. The van der Waals surface area contributed by atoms with E-state index in [0.717, 1.165) is 12.1 Å². The summed E-state index contributed by atoms with van der Waals surface area (Å²) in [4.78, 5) is 13.8. The highest BCUT2D eigenvalue weighted by Crippen LogP contribution is 2.34. The SMILES string of the molecule is COC(=O)C1CN1C(/C=C/c1ccccc1)c1ccccc1. The fraction of sp³-hybridized carbons (Fsp3) is 0.211. The molecule has 3 heteroatoms. The van der Waals surface area contributed by atoms with Crippen molar-refractivity contribution in [3.63, 3.8) is 0 Å². The molecule has 1 heterocycles. The van der Waals surface area contributed by atoms with Crippen LogP contribution in [0.4, 0.5) is 0 Å². The molecule has 112 valence electrons. The minimum atomic E-state index is -0.158. The van der Waals surface area contributed by atoms with Crippen molar-refractivity contribution in [3.8, 4) is 0 Å². The lowest BCUT2D eigenvalue weighted by molar-refractivity contribution is -0.140. The summed E-state index contributed by atoms with van der Waals surface area (Å²) in [7, 11) is 1.44. The van der Waals surface area contributed by atoms with Crippen molar-refractivity contribution in [2.45, 2.75) is 12.1 Å². The van der Waals surface area contributed by atoms with E-state index in [2.05, 4.69) is 41.3 Å². The van der Waals surface area contributed by atoms with Crippen LogP contribution in [0.25, 0.3) is 6.08 Å². The Morgan fingerprint density at radius 2 is 1.77 bits per heavy atom. The molecule has 3 rings (SSSR count). The first-order valence-electron chi connectivity index (χ1n) is 7.41. The standard InChI is InChI=1S/C19H19NO2/c1-22-19(21)18-14-20(18)17(16-10-6-3-7-11-16)13-12-15-8-4-2-5-9-15/h2-13,17-18H,14H2,1H3/b13-12+. The molecule has 1 aliphatic rings. The molecule has 0 aromatic heterocycles. The van der Waals surface area contributed by atoms with Crippen LogP contribution in [0, 0.1) is 0 Å². The first-order chi connectivity index (χ1) is 10.8. The number of ether oxygens (including phenoxy) is 1. The monoisotopic (exact) mass is 293 g/mol. The predicted octanol–water partition coefficient (Wildman–Crippen LogP) is 3.30. The van der Waals surface area contributed by atoms with E-state index in [0.29, 0.717) is 0 Å². The second-order valence-corrected chi connectivity index (χ2v) is 5.36. The molecule has 1 aliphatic heterocycles. The first kappa shape index (κ1) is 14.5. The Morgan fingerprint density at radius 1 is 1.14 bits per heavy atom. The number of hydrogen-bond acceptors (Lipinski definition) is 3. The summed E-state index contributed by atoms with van der Waals surface area (Å²) >= 11 is 0. The highest BCUT2D eigenvalue weighted by atomic mass is 16.5. The number of nitrogens with zero attached hydrogens (tertiary/aromatic N) is 1. The number of benzene rings is 2. The van der Waals surface area contributed by atoms with Crippen LogP contribution in [0.1, 0.15) is 17.2 Å². The quantitative estimate of drug-likeness (QED) is 0.626. The van der Waals surface area contributed by atoms with Gasteiger partial charge in [-0.05, 0) is 11.1 Å². The smallest absolute Gasteiger partial charge is 0.324 e. The van der Waals surface area contributed by atoms with E-state index in [1.54, 1.807) is 0 Å². The van der Waals surface area contributed by atoms with Gasteiger partial charge in [0.15, 0.2) is 0 Å².